The average Bonchev–Trinajstić information content (AvgIpc) is 3.11. The minimum atomic E-state index is -0.502. The molecule has 150 valence electrons. The molecular formula is C21H19N7O2. The van der Waals surface area contributed by atoms with Crippen LogP contribution >= 0.6 is 0 Å². The normalized spacial score (nSPS) is 13.5. The molecule has 30 heavy (non-hydrogen) atoms. The van der Waals surface area contributed by atoms with E-state index in [1.54, 1.807) is 0 Å². The number of aryl methyl sites for hydroxylation is 3. The van der Waals surface area contributed by atoms with Crippen molar-refractivity contribution in [1.29, 1.82) is 5.26 Å². The molecule has 1 aromatic carbocycles. The lowest BCUT2D eigenvalue weighted by Gasteiger charge is -2.14. The third-order valence-corrected chi connectivity index (χ3v) is 4.95. The number of aromatic nitrogens is 3. The molecule has 3 aromatic rings. The molecule has 0 radical (unpaired) electrons. The molecule has 3 heterocycles. The number of nitriles is 1. The van der Waals surface area contributed by atoms with Gasteiger partial charge in [0.05, 0.1) is 11.7 Å². The van der Waals surface area contributed by atoms with Gasteiger partial charge in [-0.15, -0.1) is 0 Å². The van der Waals surface area contributed by atoms with Crippen molar-refractivity contribution >= 4 is 34.2 Å². The average molecular weight is 401 g/mol. The summed E-state index contributed by atoms with van der Waals surface area (Å²) in [5.41, 5.74) is 6.69. The van der Waals surface area contributed by atoms with Gasteiger partial charge >= 0.3 is 0 Å². The van der Waals surface area contributed by atoms with Gasteiger partial charge in [-0.2, -0.15) is 20.1 Å². The van der Waals surface area contributed by atoms with Crippen LogP contribution in [0.5, 0.6) is 0 Å². The minimum absolute atomic E-state index is 0.181. The lowest BCUT2D eigenvalue weighted by molar-refractivity contribution is -0.121. The van der Waals surface area contributed by atoms with Crippen molar-refractivity contribution < 1.29 is 9.59 Å². The summed E-state index contributed by atoms with van der Waals surface area (Å²) in [5, 5.41) is 21.3. The van der Waals surface area contributed by atoms with E-state index in [0.717, 1.165) is 27.6 Å². The monoisotopic (exact) mass is 401 g/mol. The number of hydrazone groups is 1. The highest BCUT2D eigenvalue weighted by atomic mass is 16.2. The number of fused-ring (bicyclic) bond motifs is 1. The molecule has 0 spiro atoms. The van der Waals surface area contributed by atoms with Gasteiger partial charge in [-0.05, 0) is 44.0 Å². The first-order valence-electron chi connectivity index (χ1n) is 9.41. The fourth-order valence-electron chi connectivity index (χ4n) is 3.48. The van der Waals surface area contributed by atoms with Crippen LogP contribution in [0.15, 0.2) is 29.5 Å². The van der Waals surface area contributed by atoms with Crippen LogP contribution in [0.2, 0.25) is 0 Å². The third kappa shape index (κ3) is 3.39. The predicted octanol–water partition coefficient (Wildman–Crippen LogP) is 2.42. The number of benzene rings is 1. The van der Waals surface area contributed by atoms with E-state index in [1.165, 1.54) is 10.9 Å². The fourth-order valence-corrected chi connectivity index (χ4v) is 3.48. The van der Waals surface area contributed by atoms with Crippen molar-refractivity contribution in [2.24, 2.45) is 5.10 Å². The highest BCUT2D eigenvalue weighted by Gasteiger charge is 2.22. The minimum Gasteiger partial charge on any atom is -0.304 e. The maximum Gasteiger partial charge on any atom is 0.273 e. The number of amides is 2. The fraction of sp³-hybridized carbons (Fsp3) is 0.238. The summed E-state index contributed by atoms with van der Waals surface area (Å²) >= 11 is 0. The number of nitrogens with one attached hydrogen (secondary N) is 2. The van der Waals surface area contributed by atoms with Gasteiger partial charge in [0.2, 0.25) is 5.91 Å². The molecule has 0 fully saturated rings. The van der Waals surface area contributed by atoms with Gasteiger partial charge in [0, 0.05) is 18.2 Å². The predicted molar refractivity (Wildman–Crippen MR) is 111 cm³/mol. The topological polar surface area (TPSA) is 125 Å². The first kappa shape index (κ1) is 19.3. The number of hydrogen-bond donors (Lipinski definition) is 2. The molecule has 1 aliphatic rings. The van der Waals surface area contributed by atoms with Crippen molar-refractivity contribution in [2.75, 3.05) is 5.32 Å². The summed E-state index contributed by atoms with van der Waals surface area (Å²) in [7, 11) is 0. The second-order valence-corrected chi connectivity index (χ2v) is 7.25. The Labute approximate surface area is 172 Å². The summed E-state index contributed by atoms with van der Waals surface area (Å²) in [6, 6.07) is 8.04. The SMILES string of the molecule is Cc1cc(C)c2nc(-n3ncc(C#N)c3NC(=O)C3=NNC(=O)CC3)cc(C)c2c1. The number of carbonyl (C=O) groups is 2. The van der Waals surface area contributed by atoms with Gasteiger partial charge in [0.15, 0.2) is 11.6 Å². The van der Waals surface area contributed by atoms with Crippen LogP contribution in [-0.4, -0.2) is 32.3 Å². The van der Waals surface area contributed by atoms with E-state index >= 15 is 0 Å². The van der Waals surface area contributed by atoms with Crippen LogP contribution < -0.4 is 10.7 Å². The summed E-state index contributed by atoms with van der Waals surface area (Å²) in [6.07, 6.45) is 1.78. The number of anilines is 1. The maximum atomic E-state index is 12.6. The Morgan fingerprint density at radius 2 is 2.00 bits per heavy atom. The molecule has 0 saturated carbocycles. The van der Waals surface area contributed by atoms with Gasteiger partial charge in [0.25, 0.3) is 5.91 Å². The highest BCUT2D eigenvalue weighted by Crippen LogP contribution is 2.26. The molecule has 2 N–H and O–H groups in total. The first-order chi connectivity index (χ1) is 14.4. The van der Waals surface area contributed by atoms with Crippen LogP contribution in [-0.2, 0) is 9.59 Å². The maximum absolute atomic E-state index is 12.6. The van der Waals surface area contributed by atoms with Crippen molar-refractivity contribution in [3.8, 4) is 11.9 Å². The van der Waals surface area contributed by atoms with Crippen molar-refractivity contribution in [2.45, 2.75) is 33.6 Å². The number of rotatable bonds is 3. The lowest BCUT2D eigenvalue weighted by Crippen LogP contribution is -2.33. The van der Waals surface area contributed by atoms with E-state index in [1.807, 2.05) is 32.9 Å². The van der Waals surface area contributed by atoms with Gasteiger partial charge in [-0.25, -0.2) is 10.4 Å². The van der Waals surface area contributed by atoms with Crippen molar-refractivity contribution in [3.05, 3.63) is 46.6 Å². The van der Waals surface area contributed by atoms with Crippen LogP contribution in [0.3, 0.4) is 0 Å². The Morgan fingerprint density at radius 1 is 1.20 bits per heavy atom. The van der Waals surface area contributed by atoms with Crippen LogP contribution in [0.1, 0.15) is 35.1 Å². The Morgan fingerprint density at radius 3 is 2.70 bits per heavy atom. The molecule has 1 aliphatic heterocycles. The van der Waals surface area contributed by atoms with Gasteiger partial charge in [0.1, 0.15) is 17.3 Å². The van der Waals surface area contributed by atoms with E-state index < -0.39 is 5.91 Å². The van der Waals surface area contributed by atoms with E-state index in [4.69, 9.17) is 4.98 Å². The van der Waals surface area contributed by atoms with Crippen LogP contribution in [0, 0.1) is 32.1 Å². The third-order valence-electron chi connectivity index (χ3n) is 4.95. The zero-order valence-corrected chi connectivity index (χ0v) is 16.8. The second kappa shape index (κ2) is 7.40. The smallest absolute Gasteiger partial charge is 0.273 e. The number of nitrogens with zero attached hydrogens (tertiary/aromatic N) is 5. The van der Waals surface area contributed by atoms with Gasteiger partial charge < -0.3 is 5.32 Å². The van der Waals surface area contributed by atoms with Crippen LogP contribution in [0.25, 0.3) is 16.7 Å². The largest absolute Gasteiger partial charge is 0.304 e. The van der Waals surface area contributed by atoms with Crippen molar-refractivity contribution in [3.63, 3.8) is 0 Å². The molecule has 0 saturated heterocycles. The van der Waals surface area contributed by atoms with Gasteiger partial charge in [-0.1, -0.05) is 11.6 Å². The van der Waals surface area contributed by atoms with E-state index in [0.29, 0.717) is 5.82 Å². The Balaban J connectivity index is 1.78. The number of pyridine rings is 1. The Bertz CT molecular complexity index is 1280. The lowest BCUT2D eigenvalue weighted by atomic mass is 10.0. The number of hydrogen-bond acceptors (Lipinski definition) is 6. The van der Waals surface area contributed by atoms with Gasteiger partial charge in [-0.3, -0.25) is 9.59 Å². The molecule has 9 heteroatoms. The van der Waals surface area contributed by atoms with Crippen LogP contribution in [0.4, 0.5) is 5.82 Å². The molecule has 0 bridgehead atoms. The van der Waals surface area contributed by atoms with E-state index in [9.17, 15) is 14.9 Å². The molecule has 4 rings (SSSR count). The molecule has 2 amide bonds. The quantitative estimate of drug-likeness (QED) is 0.697. The summed E-state index contributed by atoms with van der Waals surface area (Å²) in [4.78, 5) is 28.6. The van der Waals surface area contributed by atoms with E-state index in [-0.39, 0.29) is 35.8 Å². The zero-order valence-electron chi connectivity index (χ0n) is 16.8. The zero-order chi connectivity index (χ0) is 21.4. The summed E-state index contributed by atoms with van der Waals surface area (Å²) in [5.74, 6) is -0.0472. The Kier molecular flexibility index (Phi) is 4.75. The summed E-state index contributed by atoms with van der Waals surface area (Å²) in [6.45, 7) is 6.02. The Hall–Kier alpha value is -4.06. The molecular weight excluding hydrogens is 382 g/mol. The van der Waals surface area contributed by atoms with Crippen molar-refractivity contribution in [1.82, 2.24) is 20.2 Å². The summed E-state index contributed by atoms with van der Waals surface area (Å²) < 4.78 is 1.43. The molecule has 0 atom stereocenters. The molecule has 2 aromatic heterocycles. The molecule has 0 aliphatic carbocycles. The second-order valence-electron chi connectivity index (χ2n) is 7.25. The molecule has 0 unspecified atom stereocenters. The highest BCUT2D eigenvalue weighted by molar-refractivity contribution is 6.43. The number of carbonyl (C=O) groups excluding carboxylic acids is 2. The molecule has 9 nitrogen and oxygen atoms in total. The first-order valence-corrected chi connectivity index (χ1v) is 9.41. The van der Waals surface area contributed by atoms with E-state index in [2.05, 4.69) is 33.1 Å². The standard InChI is InChI=1S/C21H19N7O2/c1-11-6-13(3)19-15(7-11)12(2)8-17(24-19)28-20(14(9-22)10-23-28)25-21(30)16-4-5-18(29)27-26-16/h6-8,10H,4-5H2,1-3H3,(H,25,30)(H,27,29).